The van der Waals surface area contributed by atoms with Gasteiger partial charge in [0.1, 0.15) is 17.5 Å². The first-order chi connectivity index (χ1) is 8.60. The zero-order chi connectivity index (χ0) is 13.5. The first kappa shape index (κ1) is 14.2. The van der Waals surface area contributed by atoms with Crippen molar-refractivity contribution in [3.63, 3.8) is 0 Å². The molecule has 0 aliphatic heterocycles. The number of nitrogens with zero attached hydrogens (tertiary/aromatic N) is 3. The second-order valence-electron chi connectivity index (χ2n) is 3.89. The second-order valence-corrected chi connectivity index (χ2v) is 3.89. The van der Waals surface area contributed by atoms with Gasteiger partial charge < -0.3 is 16.0 Å². The van der Waals surface area contributed by atoms with E-state index in [1.165, 1.54) is 0 Å². The van der Waals surface area contributed by atoms with Crippen LogP contribution in [-0.4, -0.2) is 35.5 Å². The Hall–Kier alpha value is -1.85. The highest BCUT2D eigenvalue weighted by molar-refractivity contribution is 5.79. The molecule has 0 saturated carbocycles. The van der Waals surface area contributed by atoms with Gasteiger partial charge in [0, 0.05) is 25.6 Å². The molecule has 0 aliphatic carbocycles. The van der Waals surface area contributed by atoms with Gasteiger partial charge in [0.15, 0.2) is 0 Å². The van der Waals surface area contributed by atoms with Crippen molar-refractivity contribution >= 4 is 17.5 Å². The van der Waals surface area contributed by atoms with Gasteiger partial charge in [-0.05, 0) is 13.8 Å². The number of hydrogen-bond acceptors (Lipinski definition) is 5. The molecule has 0 unspecified atom stereocenters. The Balaban J connectivity index is 3.04. The predicted octanol–water partition coefficient (Wildman–Crippen LogP) is 0.782. The van der Waals surface area contributed by atoms with E-state index in [9.17, 15) is 4.79 Å². The van der Waals surface area contributed by atoms with Gasteiger partial charge >= 0.3 is 0 Å². The maximum Gasteiger partial charge on any atom is 0.236 e. The molecule has 0 saturated heterocycles. The summed E-state index contributed by atoms with van der Waals surface area (Å²) in [5, 5.41) is 3.16. The molecule has 0 fully saturated rings. The van der Waals surface area contributed by atoms with Crippen LogP contribution in [0.25, 0.3) is 0 Å². The minimum atomic E-state index is -0.362. The standard InChI is InChI=1S/C12H21N5O/c1-4-10-15-11(14-5-2)7-12(16-10)17(6-3)8-9(13)18/h7H,4-6,8H2,1-3H3,(H2,13,18)(H,14,15,16). The fraction of sp³-hybridized carbons (Fsp3) is 0.583. The van der Waals surface area contributed by atoms with Crippen LogP contribution in [0.3, 0.4) is 0 Å². The molecule has 1 aromatic heterocycles. The average Bonchev–Trinajstić information content (AvgIpc) is 2.35. The number of anilines is 2. The molecule has 0 atom stereocenters. The van der Waals surface area contributed by atoms with Crippen LogP contribution in [-0.2, 0) is 11.2 Å². The zero-order valence-electron chi connectivity index (χ0n) is 11.2. The first-order valence-electron chi connectivity index (χ1n) is 6.25. The van der Waals surface area contributed by atoms with Crippen LogP contribution in [0.5, 0.6) is 0 Å². The number of nitrogens with two attached hydrogens (primary N) is 1. The summed E-state index contributed by atoms with van der Waals surface area (Å²) in [4.78, 5) is 21.7. The highest BCUT2D eigenvalue weighted by Crippen LogP contribution is 2.16. The Morgan fingerprint density at radius 1 is 1.39 bits per heavy atom. The van der Waals surface area contributed by atoms with Gasteiger partial charge in [-0.1, -0.05) is 6.92 Å². The van der Waals surface area contributed by atoms with Crippen LogP contribution < -0.4 is 16.0 Å². The summed E-state index contributed by atoms with van der Waals surface area (Å²) in [6, 6.07) is 1.84. The summed E-state index contributed by atoms with van der Waals surface area (Å²) < 4.78 is 0. The molecule has 1 rings (SSSR count). The minimum absolute atomic E-state index is 0.169. The highest BCUT2D eigenvalue weighted by Gasteiger charge is 2.11. The number of primary amides is 1. The van der Waals surface area contributed by atoms with Gasteiger partial charge in [0.05, 0.1) is 6.54 Å². The number of hydrogen-bond donors (Lipinski definition) is 2. The summed E-state index contributed by atoms with van der Waals surface area (Å²) in [5.41, 5.74) is 5.23. The molecule has 0 bridgehead atoms. The van der Waals surface area contributed by atoms with Crippen LogP contribution in [0.4, 0.5) is 11.6 Å². The number of rotatable bonds is 7. The monoisotopic (exact) mass is 251 g/mol. The Kier molecular flexibility index (Phi) is 5.35. The van der Waals surface area contributed by atoms with E-state index in [1.54, 1.807) is 0 Å². The fourth-order valence-corrected chi connectivity index (χ4v) is 1.62. The molecule has 0 spiro atoms. The van der Waals surface area contributed by atoms with Crippen molar-refractivity contribution in [1.29, 1.82) is 0 Å². The summed E-state index contributed by atoms with van der Waals surface area (Å²) >= 11 is 0. The maximum atomic E-state index is 11.0. The van der Waals surface area contributed by atoms with Crippen molar-refractivity contribution in [2.45, 2.75) is 27.2 Å². The number of aromatic nitrogens is 2. The SMILES string of the molecule is CCNc1cc(N(CC)CC(N)=O)nc(CC)n1. The third-order valence-corrected chi connectivity index (χ3v) is 2.49. The Bertz CT molecular complexity index is 407. The molecule has 0 aromatic carbocycles. The van der Waals surface area contributed by atoms with Gasteiger partial charge in [-0.2, -0.15) is 0 Å². The van der Waals surface area contributed by atoms with Crippen molar-refractivity contribution in [3.8, 4) is 0 Å². The lowest BCUT2D eigenvalue weighted by Gasteiger charge is -2.21. The second kappa shape index (κ2) is 6.78. The molecule has 1 heterocycles. The molecule has 3 N–H and O–H groups in total. The zero-order valence-corrected chi connectivity index (χ0v) is 11.2. The van der Waals surface area contributed by atoms with Crippen molar-refractivity contribution in [3.05, 3.63) is 11.9 Å². The highest BCUT2D eigenvalue weighted by atomic mass is 16.1. The van der Waals surface area contributed by atoms with Crippen LogP contribution >= 0.6 is 0 Å². The van der Waals surface area contributed by atoms with Crippen molar-refractivity contribution < 1.29 is 4.79 Å². The summed E-state index contributed by atoms with van der Waals surface area (Å²) in [6.45, 7) is 7.61. The number of amides is 1. The van der Waals surface area contributed by atoms with Gasteiger partial charge in [0.25, 0.3) is 0 Å². The van der Waals surface area contributed by atoms with Gasteiger partial charge in [-0.25, -0.2) is 9.97 Å². The summed E-state index contributed by atoms with van der Waals surface area (Å²) in [5.74, 6) is 1.91. The van der Waals surface area contributed by atoms with Gasteiger partial charge in [0.2, 0.25) is 5.91 Å². The number of carbonyl (C=O) groups is 1. The van der Waals surface area contributed by atoms with E-state index >= 15 is 0 Å². The fourth-order valence-electron chi connectivity index (χ4n) is 1.62. The normalized spacial score (nSPS) is 10.2. The van der Waals surface area contributed by atoms with Gasteiger partial charge in [-0.3, -0.25) is 4.79 Å². The molecule has 6 nitrogen and oxygen atoms in total. The van der Waals surface area contributed by atoms with E-state index in [0.717, 1.165) is 30.4 Å². The van der Waals surface area contributed by atoms with E-state index in [0.29, 0.717) is 6.54 Å². The topological polar surface area (TPSA) is 84.1 Å². The molecule has 1 aromatic rings. The summed E-state index contributed by atoms with van der Waals surface area (Å²) in [7, 11) is 0. The van der Waals surface area contributed by atoms with Crippen molar-refractivity contribution in [2.75, 3.05) is 29.9 Å². The lowest BCUT2D eigenvalue weighted by atomic mass is 10.3. The molecule has 0 radical (unpaired) electrons. The van der Waals surface area contributed by atoms with Crippen LogP contribution in [0.1, 0.15) is 26.6 Å². The minimum Gasteiger partial charge on any atom is -0.370 e. The third kappa shape index (κ3) is 3.87. The molecule has 100 valence electrons. The predicted molar refractivity (Wildman–Crippen MR) is 72.7 cm³/mol. The van der Waals surface area contributed by atoms with Crippen LogP contribution in [0.2, 0.25) is 0 Å². The quantitative estimate of drug-likeness (QED) is 0.748. The van der Waals surface area contributed by atoms with E-state index in [1.807, 2.05) is 31.7 Å². The van der Waals surface area contributed by atoms with E-state index in [2.05, 4.69) is 15.3 Å². The molecule has 18 heavy (non-hydrogen) atoms. The number of aryl methyl sites for hydroxylation is 1. The third-order valence-electron chi connectivity index (χ3n) is 2.49. The first-order valence-corrected chi connectivity index (χ1v) is 6.25. The Morgan fingerprint density at radius 3 is 2.61 bits per heavy atom. The molecular formula is C12H21N5O. The Labute approximate surface area is 108 Å². The van der Waals surface area contributed by atoms with Crippen LogP contribution in [0.15, 0.2) is 6.07 Å². The van der Waals surface area contributed by atoms with Crippen LogP contribution in [0, 0.1) is 0 Å². The molecule has 6 heteroatoms. The molecule has 0 aliphatic rings. The van der Waals surface area contributed by atoms with E-state index < -0.39 is 0 Å². The maximum absolute atomic E-state index is 11.0. The largest absolute Gasteiger partial charge is 0.370 e. The smallest absolute Gasteiger partial charge is 0.236 e. The van der Waals surface area contributed by atoms with Gasteiger partial charge in [-0.15, -0.1) is 0 Å². The van der Waals surface area contributed by atoms with Crippen molar-refractivity contribution in [2.24, 2.45) is 5.73 Å². The van der Waals surface area contributed by atoms with E-state index in [-0.39, 0.29) is 12.5 Å². The number of nitrogens with one attached hydrogen (secondary N) is 1. The summed E-state index contributed by atoms with van der Waals surface area (Å²) in [6.07, 6.45) is 0.750. The number of carbonyl (C=O) groups excluding carboxylic acids is 1. The number of likely N-dealkylation sites (N-methyl/N-ethyl adjacent to an activating group) is 1. The molecular weight excluding hydrogens is 230 g/mol. The molecule has 1 amide bonds. The average molecular weight is 251 g/mol. The lowest BCUT2D eigenvalue weighted by molar-refractivity contribution is -0.116. The van der Waals surface area contributed by atoms with Crippen molar-refractivity contribution in [1.82, 2.24) is 9.97 Å². The Morgan fingerprint density at radius 2 is 2.11 bits per heavy atom. The van der Waals surface area contributed by atoms with E-state index in [4.69, 9.17) is 5.73 Å². The lowest BCUT2D eigenvalue weighted by Crippen LogP contribution is -2.34.